The van der Waals surface area contributed by atoms with Gasteiger partial charge in [-0.3, -0.25) is 9.59 Å². The summed E-state index contributed by atoms with van der Waals surface area (Å²) in [6.45, 7) is 3.55. The number of carboxylic acid groups (broad SMARTS) is 1. The number of hydrogen-bond acceptors (Lipinski definition) is 4. The lowest BCUT2D eigenvalue weighted by atomic mass is 9.86. The molecule has 142 valence electrons. The van der Waals surface area contributed by atoms with Gasteiger partial charge in [-0.2, -0.15) is 0 Å². The van der Waals surface area contributed by atoms with E-state index in [0.717, 1.165) is 25.5 Å². The SMILES string of the molecule is CCCCC[C@H](O)C=C[C@@H](C(C)=O)[C@H](C=O)CC=CCCCC(=O)O. The van der Waals surface area contributed by atoms with Crippen LogP contribution in [0.3, 0.4) is 0 Å². The molecule has 0 saturated carbocycles. The molecule has 0 unspecified atom stereocenters. The van der Waals surface area contributed by atoms with E-state index in [-0.39, 0.29) is 12.2 Å². The molecule has 0 aliphatic heterocycles. The largest absolute Gasteiger partial charge is 0.481 e. The minimum absolute atomic E-state index is 0.103. The van der Waals surface area contributed by atoms with Crippen molar-refractivity contribution in [2.24, 2.45) is 11.8 Å². The molecular weight excluding hydrogens is 320 g/mol. The quantitative estimate of drug-likeness (QED) is 0.266. The lowest BCUT2D eigenvalue weighted by Gasteiger charge is -2.16. The fourth-order valence-corrected chi connectivity index (χ4v) is 2.56. The molecular formula is C20H32O5. The van der Waals surface area contributed by atoms with Crippen molar-refractivity contribution in [3.63, 3.8) is 0 Å². The Morgan fingerprint density at radius 1 is 1.08 bits per heavy atom. The topological polar surface area (TPSA) is 91.7 Å². The van der Waals surface area contributed by atoms with Crippen molar-refractivity contribution in [2.45, 2.75) is 71.3 Å². The Labute approximate surface area is 150 Å². The molecule has 5 heteroatoms. The summed E-state index contributed by atoms with van der Waals surface area (Å²) in [4.78, 5) is 33.6. The number of rotatable bonds is 15. The molecule has 0 heterocycles. The smallest absolute Gasteiger partial charge is 0.303 e. The first-order valence-corrected chi connectivity index (χ1v) is 9.11. The van der Waals surface area contributed by atoms with E-state index in [1.54, 1.807) is 12.2 Å². The van der Waals surface area contributed by atoms with Crippen LogP contribution in [0, 0.1) is 11.8 Å². The van der Waals surface area contributed by atoms with Crippen LogP contribution in [-0.4, -0.2) is 34.4 Å². The molecule has 0 aromatic heterocycles. The molecule has 0 aliphatic rings. The van der Waals surface area contributed by atoms with E-state index in [1.165, 1.54) is 6.92 Å². The van der Waals surface area contributed by atoms with Crippen LogP contribution >= 0.6 is 0 Å². The number of aliphatic hydroxyl groups excluding tert-OH is 1. The van der Waals surface area contributed by atoms with E-state index in [2.05, 4.69) is 6.92 Å². The highest BCUT2D eigenvalue weighted by Crippen LogP contribution is 2.19. The number of carbonyl (C=O) groups is 3. The van der Waals surface area contributed by atoms with Crippen LogP contribution in [0.2, 0.25) is 0 Å². The van der Waals surface area contributed by atoms with Gasteiger partial charge < -0.3 is 15.0 Å². The predicted molar refractivity (Wildman–Crippen MR) is 98.3 cm³/mol. The maximum absolute atomic E-state index is 11.8. The van der Waals surface area contributed by atoms with Crippen molar-refractivity contribution in [3.8, 4) is 0 Å². The molecule has 2 N–H and O–H groups in total. The number of hydrogen-bond donors (Lipinski definition) is 2. The Bertz CT molecular complexity index is 453. The van der Waals surface area contributed by atoms with Gasteiger partial charge in [-0.05, 0) is 32.6 Å². The highest BCUT2D eigenvalue weighted by atomic mass is 16.4. The van der Waals surface area contributed by atoms with Crippen LogP contribution in [0.25, 0.3) is 0 Å². The van der Waals surface area contributed by atoms with E-state index < -0.39 is 23.9 Å². The monoisotopic (exact) mass is 352 g/mol. The van der Waals surface area contributed by atoms with Crippen LogP contribution in [0.4, 0.5) is 0 Å². The van der Waals surface area contributed by atoms with E-state index in [1.807, 2.05) is 12.2 Å². The third-order valence-corrected chi connectivity index (χ3v) is 4.09. The molecule has 0 aromatic rings. The molecule has 0 spiro atoms. The lowest BCUT2D eigenvalue weighted by Crippen LogP contribution is -2.21. The number of carboxylic acids is 1. The Morgan fingerprint density at radius 2 is 1.80 bits per heavy atom. The first-order chi connectivity index (χ1) is 11.9. The molecule has 0 bridgehead atoms. The number of allylic oxidation sites excluding steroid dienone is 3. The number of ketones is 1. The zero-order valence-corrected chi connectivity index (χ0v) is 15.4. The van der Waals surface area contributed by atoms with Crippen molar-refractivity contribution < 1.29 is 24.6 Å². The fourth-order valence-electron chi connectivity index (χ4n) is 2.56. The molecule has 0 saturated heterocycles. The third-order valence-electron chi connectivity index (χ3n) is 4.09. The Kier molecular flexibility index (Phi) is 13.6. The maximum Gasteiger partial charge on any atom is 0.303 e. The van der Waals surface area contributed by atoms with Crippen molar-refractivity contribution in [3.05, 3.63) is 24.3 Å². The van der Waals surface area contributed by atoms with Crippen LogP contribution in [0.15, 0.2) is 24.3 Å². The number of carbonyl (C=O) groups excluding carboxylic acids is 2. The summed E-state index contributed by atoms with van der Waals surface area (Å²) >= 11 is 0. The number of aldehydes is 1. The molecule has 0 rings (SSSR count). The number of aliphatic hydroxyl groups is 1. The summed E-state index contributed by atoms with van der Waals surface area (Å²) in [5.41, 5.74) is 0. The molecule has 0 fully saturated rings. The van der Waals surface area contributed by atoms with Gasteiger partial charge in [0.2, 0.25) is 0 Å². The molecule has 0 amide bonds. The lowest BCUT2D eigenvalue weighted by molar-refractivity contribution is -0.137. The van der Waals surface area contributed by atoms with Crippen LogP contribution in [0.1, 0.15) is 65.2 Å². The summed E-state index contributed by atoms with van der Waals surface area (Å²) < 4.78 is 0. The summed E-state index contributed by atoms with van der Waals surface area (Å²) in [5.74, 6) is -1.93. The Morgan fingerprint density at radius 3 is 2.36 bits per heavy atom. The predicted octanol–water partition coefficient (Wildman–Crippen LogP) is 3.71. The standard InChI is InChI=1S/C20H32O5/c1-3-4-7-11-18(23)13-14-19(16(2)22)17(15-21)10-8-5-6-9-12-20(24)25/h5,8,13-15,17-19,23H,3-4,6-7,9-12H2,1-2H3,(H,24,25)/t17-,18-,19-/m0/s1. The average Bonchev–Trinajstić information content (AvgIpc) is 2.55. The minimum Gasteiger partial charge on any atom is -0.481 e. The molecule has 25 heavy (non-hydrogen) atoms. The third kappa shape index (κ3) is 12.3. The Hall–Kier alpha value is -1.75. The number of Topliss-reactive ketones (excluding diaryl/α,β-unsaturated/α-hetero) is 1. The van der Waals surface area contributed by atoms with Gasteiger partial charge in [-0.1, -0.05) is 50.5 Å². The van der Waals surface area contributed by atoms with Crippen molar-refractivity contribution in [2.75, 3.05) is 0 Å². The summed E-state index contributed by atoms with van der Waals surface area (Å²) in [6, 6.07) is 0. The van der Waals surface area contributed by atoms with E-state index >= 15 is 0 Å². The van der Waals surface area contributed by atoms with E-state index in [4.69, 9.17) is 5.11 Å². The summed E-state index contributed by atoms with van der Waals surface area (Å²) in [5, 5.41) is 18.5. The highest BCUT2D eigenvalue weighted by Gasteiger charge is 2.22. The van der Waals surface area contributed by atoms with E-state index in [9.17, 15) is 19.5 Å². The summed E-state index contributed by atoms with van der Waals surface area (Å²) in [6.07, 6.45) is 12.6. The second-order valence-corrected chi connectivity index (χ2v) is 6.38. The maximum atomic E-state index is 11.8. The molecule has 0 aromatic carbocycles. The Balaban J connectivity index is 4.53. The van der Waals surface area contributed by atoms with Gasteiger partial charge in [-0.25, -0.2) is 0 Å². The first-order valence-electron chi connectivity index (χ1n) is 9.11. The average molecular weight is 352 g/mol. The summed E-state index contributed by atoms with van der Waals surface area (Å²) in [7, 11) is 0. The van der Waals surface area contributed by atoms with Crippen molar-refractivity contribution in [1.29, 1.82) is 0 Å². The van der Waals surface area contributed by atoms with Crippen LogP contribution < -0.4 is 0 Å². The molecule has 3 atom stereocenters. The van der Waals surface area contributed by atoms with Crippen molar-refractivity contribution >= 4 is 18.0 Å². The van der Waals surface area contributed by atoms with Crippen LogP contribution in [0.5, 0.6) is 0 Å². The second-order valence-electron chi connectivity index (χ2n) is 6.38. The molecule has 0 radical (unpaired) electrons. The van der Waals surface area contributed by atoms with Crippen LogP contribution in [-0.2, 0) is 14.4 Å². The fraction of sp³-hybridized carbons (Fsp3) is 0.650. The number of aliphatic carboxylic acids is 1. The van der Waals surface area contributed by atoms with Gasteiger partial charge in [0.25, 0.3) is 0 Å². The van der Waals surface area contributed by atoms with Gasteiger partial charge in [0, 0.05) is 18.3 Å². The van der Waals surface area contributed by atoms with Gasteiger partial charge >= 0.3 is 5.97 Å². The number of unbranched alkanes of at least 4 members (excludes halogenated alkanes) is 3. The highest BCUT2D eigenvalue weighted by molar-refractivity contribution is 5.83. The van der Waals surface area contributed by atoms with Gasteiger partial charge in [0.1, 0.15) is 12.1 Å². The second kappa shape index (κ2) is 14.6. The minimum atomic E-state index is -0.821. The first kappa shape index (κ1) is 23.2. The molecule has 0 aliphatic carbocycles. The van der Waals surface area contributed by atoms with Gasteiger partial charge in [0.05, 0.1) is 6.10 Å². The van der Waals surface area contributed by atoms with E-state index in [0.29, 0.717) is 25.7 Å². The normalized spacial score (nSPS) is 15.3. The molecule has 5 nitrogen and oxygen atoms in total. The van der Waals surface area contributed by atoms with Crippen molar-refractivity contribution in [1.82, 2.24) is 0 Å². The zero-order valence-electron chi connectivity index (χ0n) is 15.4. The van der Waals surface area contributed by atoms with Gasteiger partial charge in [0.15, 0.2) is 0 Å². The zero-order chi connectivity index (χ0) is 19.1. The van der Waals surface area contributed by atoms with Gasteiger partial charge in [-0.15, -0.1) is 0 Å².